The fourth-order valence-electron chi connectivity index (χ4n) is 9.93. The number of benzene rings is 3. The number of nitriles is 1. The molecule has 4 saturated heterocycles. The van der Waals surface area contributed by atoms with Gasteiger partial charge in [-0.05, 0) is 116 Å². The summed E-state index contributed by atoms with van der Waals surface area (Å²) in [5.74, 6) is 1.53. The van der Waals surface area contributed by atoms with Gasteiger partial charge in [-0.25, -0.2) is 0 Å². The topological polar surface area (TPSA) is 112 Å². The number of imide groups is 1. The number of piperazine rings is 1. The van der Waals surface area contributed by atoms with Crippen LogP contribution in [0.15, 0.2) is 54.6 Å². The second kappa shape index (κ2) is 15.5. The Balaban J connectivity index is 0.731. The molecular formula is C45H53N7O4. The molecule has 3 aromatic rings. The lowest BCUT2D eigenvalue weighted by atomic mass is 9.88. The minimum absolute atomic E-state index is 0.207. The van der Waals surface area contributed by atoms with Gasteiger partial charge in [0.25, 0.3) is 5.91 Å². The number of ether oxygens (including phenoxy) is 1. The average molecular weight is 756 g/mol. The van der Waals surface area contributed by atoms with E-state index >= 15 is 0 Å². The Morgan fingerprint density at radius 3 is 2.09 bits per heavy atom. The zero-order valence-electron chi connectivity index (χ0n) is 32.5. The van der Waals surface area contributed by atoms with Gasteiger partial charge in [-0.2, -0.15) is 5.26 Å². The van der Waals surface area contributed by atoms with E-state index in [1.165, 1.54) is 48.2 Å². The van der Waals surface area contributed by atoms with Crippen LogP contribution < -0.4 is 24.8 Å². The smallest absolute Gasteiger partial charge is 0.258 e. The highest BCUT2D eigenvalue weighted by atomic mass is 16.5. The maximum atomic E-state index is 13.4. The Morgan fingerprint density at radius 1 is 0.732 bits per heavy atom. The molecule has 5 aliphatic heterocycles. The molecule has 0 radical (unpaired) electrons. The lowest BCUT2D eigenvalue weighted by molar-refractivity contribution is -0.136. The number of fused-ring (bicyclic) bond motifs is 1. The van der Waals surface area contributed by atoms with Crippen molar-refractivity contribution in [3.63, 3.8) is 0 Å². The molecule has 292 valence electrons. The van der Waals surface area contributed by atoms with E-state index in [1.54, 1.807) is 12.0 Å². The van der Waals surface area contributed by atoms with Crippen molar-refractivity contribution in [3.8, 4) is 11.8 Å². The summed E-state index contributed by atoms with van der Waals surface area (Å²) in [4.78, 5) is 49.4. The van der Waals surface area contributed by atoms with Gasteiger partial charge in [0, 0.05) is 95.0 Å². The van der Waals surface area contributed by atoms with Crippen LogP contribution in [0.3, 0.4) is 0 Å². The number of hydrogen-bond donors (Lipinski definition) is 1. The summed E-state index contributed by atoms with van der Waals surface area (Å²) in [5.41, 5.74) is 8.64. The summed E-state index contributed by atoms with van der Waals surface area (Å²) >= 11 is 0. The van der Waals surface area contributed by atoms with Crippen LogP contribution in [0.1, 0.15) is 95.8 Å². The second-order valence-electron chi connectivity index (χ2n) is 16.8. The summed E-state index contributed by atoms with van der Waals surface area (Å²) in [6.45, 7) is 9.60. The van der Waals surface area contributed by atoms with Crippen LogP contribution in [0.4, 0.5) is 17.1 Å². The van der Waals surface area contributed by atoms with E-state index in [0.717, 1.165) is 88.6 Å². The number of hydrogen-bond acceptors (Lipinski definition) is 9. The predicted octanol–water partition coefficient (Wildman–Crippen LogP) is 5.63. The highest BCUT2D eigenvalue weighted by Gasteiger charge is 2.41. The highest BCUT2D eigenvalue weighted by Crippen LogP contribution is 2.43. The van der Waals surface area contributed by atoms with Gasteiger partial charge < -0.3 is 24.3 Å². The van der Waals surface area contributed by atoms with Crippen molar-refractivity contribution in [3.05, 3.63) is 82.4 Å². The van der Waals surface area contributed by atoms with Crippen molar-refractivity contribution in [2.24, 2.45) is 5.92 Å². The maximum Gasteiger partial charge on any atom is 0.258 e. The van der Waals surface area contributed by atoms with Crippen LogP contribution >= 0.6 is 0 Å². The third-order valence-electron chi connectivity index (χ3n) is 13.4. The van der Waals surface area contributed by atoms with Crippen molar-refractivity contribution >= 4 is 34.8 Å². The Bertz CT molecular complexity index is 2020. The molecule has 1 unspecified atom stereocenters. The number of nitrogens with one attached hydrogen (secondary N) is 1. The molecule has 1 N–H and O–H groups in total. The summed E-state index contributed by atoms with van der Waals surface area (Å²) in [6, 6.07) is 21.7. The average Bonchev–Trinajstić information content (AvgIpc) is 4.04. The third kappa shape index (κ3) is 7.32. The highest BCUT2D eigenvalue weighted by molar-refractivity contribution is 6.06. The zero-order valence-corrected chi connectivity index (χ0v) is 32.5. The van der Waals surface area contributed by atoms with Gasteiger partial charge in [-0.1, -0.05) is 12.1 Å². The molecule has 11 heteroatoms. The summed E-state index contributed by atoms with van der Waals surface area (Å²) < 4.78 is 5.72. The van der Waals surface area contributed by atoms with Crippen molar-refractivity contribution in [2.75, 3.05) is 80.7 Å². The van der Waals surface area contributed by atoms with Gasteiger partial charge >= 0.3 is 0 Å². The van der Waals surface area contributed by atoms with Crippen molar-refractivity contribution in [2.45, 2.75) is 75.8 Å². The fourth-order valence-corrected chi connectivity index (χ4v) is 9.93. The molecule has 9 rings (SSSR count). The number of nitrogens with zero attached hydrogens (tertiary/aromatic N) is 6. The van der Waals surface area contributed by atoms with E-state index in [4.69, 9.17) is 4.74 Å². The molecule has 3 amide bonds. The number of rotatable bonds is 9. The van der Waals surface area contributed by atoms with E-state index in [2.05, 4.69) is 73.5 Å². The van der Waals surface area contributed by atoms with E-state index in [0.29, 0.717) is 42.0 Å². The zero-order chi connectivity index (χ0) is 38.3. The monoisotopic (exact) mass is 755 g/mol. The van der Waals surface area contributed by atoms with E-state index in [-0.39, 0.29) is 18.2 Å². The first-order valence-corrected chi connectivity index (χ1v) is 20.8. The lowest BCUT2D eigenvalue weighted by Crippen LogP contribution is -2.52. The molecule has 5 fully saturated rings. The molecule has 5 heterocycles. The summed E-state index contributed by atoms with van der Waals surface area (Å²) in [5, 5.41) is 11.9. The number of carbonyl (C=O) groups excluding carboxylic acids is 3. The Kier molecular flexibility index (Phi) is 10.1. The van der Waals surface area contributed by atoms with Crippen molar-refractivity contribution < 1.29 is 19.1 Å². The normalized spacial score (nSPS) is 22.6. The van der Waals surface area contributed by atoms with Crippen LogP contribution in [0.5, 0.6) is 5.75 Å². The molecule has 1 aliphatic carbocycles. The Morgan fingerprint density at radius 2 is 1.41 bits per heavy atom. The largest absolute Gasteiger partial charge is 0.496 e. The van der Waals surface area contributed by atoms with Crippen molar-refractivity contribution in [1.82, 2.24) is 15.1 Å². The maximum absolute atomic E-state index is 13.4. The molecule has 0 spiro atoms. The second-order valence-corrected chi connectivity index (χ2v) is 16.8. The number of carbonyl (C=O) groups is 3. The molecule has 11 nitrogen and oxygen atoms in total. The molecule has 0 aromatic heterocycles. The van der Waals surface area contributed by atoms with Crippen LogP contribution in [0.2, 0.25) is 0 Å². The van der Waals surface area contributed by atoms with Crippen molar-refractivity contribution in [1.29, 1.82) is 5.26 Å². The Hall–Kier alpha value is -5.08. The molecule has 0 bridgehead atoms. The fraction of sp³-hybridized carbons (Fsp3) is 0.511. The SMILES string of the molecule is COc1cc(N2CCN(CC3CCN(c4ccc(C5CCN(c6ccc(C#N)c(C7CC7)c6)CC5)cc4)CC3)CC2)cc2c1C(=O)N(C1CCC(=O)NC1=O)C2. The number of amides is 3. The van der Waals surface area contributed by atoms with Gasteiger partial charge in [0.05, 0.1) is 24.3 Å². The lowest BCUT2D eigenvalue weighted by Gasteiger charge is -2.40. The molecule has 1 saturated carbocycles. The Labute approximate surface area is 330 Å². The first-order chi connectivity index (χ1) is 27.3. The van der Waals surface area contributed by atoms with E-state index in [9.17, 15) is 19.6 Å². The summed E-state index contributed by atoms with van der Waals surface area (Å²) in [6.07, 6.45) is 7.74. The van der Waals surface area contributed by atoms with Gasteiger partial charge in [0.1, 0.15) is 11.8 Å². The number of anilines is 3. The van der Waals surface area contributed by atoms with Crippen LogP contribution in [0, 0.1) is 17.2 Å². The standard InChI is InChI=1S/C45H53N7O4/c1-56-41-26-38(24-35-29-52(45(55)43(35)41)40-10-11-42(53)47-44(40)54)51-22-20-48(21-23-51)28-30-12-16-49(17-13-30)36-7-4-31(5-8-36)32-14-18-50(19-15-32)37-9-6-34(27-46)39(25-37)33-2-3-33/h4-9,24-26,30,32-33,40H,2-3,10-23,28-29H2,1H3,(H,47,53,54). The van der Waals surface area contributed by atoms with E-state index < -0.39 is 11.9 Å². The van der Waals surface area contributed by atoms with Gasteiger partial charge in [-0.3, -0.25) is 24.6 Å². The first-order valence-electron chi connectivity index (χ1n) is 20.8. The molecular weight excluding hydrogens is 703 g/mol. The van der Waals surface area contributed by atoms with Crippen LogP contribution in [-0.2, 0) is 16.1 Å². The number of piperidine rings is 3. The molecule has 3 aromatic carbocycles. The molecule has 1 atom stereocenters. The predicted molar refractivity (Wildman–Crippen MR) is 216 cm³/mol. The minimum Gasteiger partial charge on any atom is -0.496 e. The van der Waals surface area contributed by atoms with Gasteiger partial charge in [0.15, 0.2) is 0 Å². The van der Waals surface area contributed by atoms with Crippen LogP contribution in [-0.4, -0.2) is 99.6 Å². The quantitative estimate of drug-likeness (QED) is 0.278. The first kappa shape index (κ1) is 36.6. The minimum atomic E-state index is -0.640. The van der Waals surface area contributed by atoms with E-state index in [1.807, 2.05) is 12.1 Å². The van der Waals surface area contributed by atoms with Gasteiger partial charge in [0.2, 0.25) is 11.8 Å². The molecule has 6 aliphatic rings. The van der Waals surface area contributed by atoms with Gasteiger partial charge in [-0.15, -0.1) is 0 Å². The summed E-state index contributed by atoms with van der Waals surface area (Å²) in [7, 11) is 1.59. The third-order valence-corrected chi connectivity index (χ3v) is 13.4. The number of methoxy groups -OCH3 is 1. The van der Waals surface area contributed by atoms with Crippen LogP contribution in [0.25, 0.3) is 0 Å². The molecule has 56 heavy (non-hydrogen) atoms.